The van der Waals surface area contributed by atoms with Gasteiger partial charge in [-0.05, 0) is 50.3 Å². The van der Waals surface area contributed by atoms with E-state index in [4.69, 9.17) is 34.8 Å². The fourth-order valence-electron chi connectivity index (χ4n) is 8.76. The number of hydrogen-bond acceptors (Lipinski definition) is 13. The molecular formula is C49H65F3N2O11. The number of carbonyl (C=O) groups excluding carboxylic acids is 3. The molecule has 3 heterocycles. The Balaban J connectivity index is 1.63. The van der Waals surface area contributed by atoms with Gasteiger partial charge >= 0.3 is 29.7 Å². The third kappa shape index (κ3) is 12.8. The molecule has 358 valence electrons. The first-order chi connectivity index (χ1) is 30.4. The van der Waals surface area contributed by atoms with E-state index >= 15 is 0 Å². The lowest BCUT2D eigenvalue weighted by atomic mass is 9.76. The Hall–Kier alpha value is -4.82. The molecule has 1 fully saturated rings. The van der Waals surface area contributed by atoms with E-state index in [9.17, 15) is 37.8 Å². The molecule has 0 spiro atoms. The Labute approximate surface area is 380 Å². The van der Waals surface area contributed by atoms with Crippen molar-refractivity contribution in [2.24, 2.45) is 45.7 Å². The normalized spacial score (nSPS) is 33.0. The number of alkyl halides is 3. The highest BCUT2D eigenvalue weighted by atomic mass is 19.4. The summed E-state index contributed by atoms with van der Waals surface area (Å²) in [6.45, 7) is 16.4. The number of benzene rings is 1. The fraction of sp³-hybridized carbons (Fsp3) is 0.612. The van der Waals surface area contributed by atoms with Crippen molar-refractivity contribution in [1.29, 1.82) is 0 Å². The monoisotopic (exact) mass is 914 g/mol. The van der Waals surface area contributed by atoms with Crippen LogP contribution in [-0.2, 0) is 43.7 Å². The maximum absolute atomic E-state index is 14.0. The van der Waals surface area contributed by atoms with Crippen LogP contribution in [0.1, 0.15) is 104 Å². The van der Waals surface area contributed by atoms with Crippen LogP contribution >= 0.6 is 0 Å². The average molecular weight is 915 g/mol. The molecule has 3 aliphatic rings. The van der Waals surface area contributed by atoms with Gasteiger partial charge in [0.2, 0.25) is 5.76 Å². The molecule has 0 aliphatic carbocycles. The number of methoxy groups -OCH3 is 2. The average Bonchev–Trinajstić information content (AvgIpc) is 4.07. The molecule has 2 N–H and O–H groups in total. The molecule has 65 heavy (non-hydrogen) atoms. The molecular weight excluding hydrogens is 850 g/mol. The molecule has 0 unspecified atom stereocenters. The zero-order valence-corrected chi connectivity index (χ0v) is 39.1. The maximum atomic E-state index is 14.0. The largest absolute Gasteiger partial charge is 0.490 e. The number of allylic oxidation sites excluding steroid dienone is 5. The van der Waals surface area contributed by atoms with E-state index in [1.807, 2.05) is 47.6 Å². The van der Waals surface area contributed by atoms with Gasteiger partial charge in [-0.1, -0.05) is 96.0 Å². The van der Waals surface area contributed by atoms with Gasteiger partial charge in [-0.25, -0.2) is 9.59 Å². The highest BCUT2D eigenvalue weighted by Gasteiger charge is 2.65. The lowest BCUT2D eigenvalue weighted by Gasteiger charge is -2.50. The van der Waals surface area contributed by atoms with Crippen LogP contribution in [-0.4, -0.2) is 90.9 Å². The smallest absolute Gasteiger partial charge is 0.442 e. The number of esters is 3. The molecule has 0 amide bonds. The Kier molecular flexibility index (Phi) is 18.0. The summed E-state index contributed by atoms with van der Waals surface area (Å²) >= 11 is 0. The SMILES string of the molecule is C#CCCC(=O)O[C@@H]1C[C@](O)([C@@H](C)[C@H](O)[C@H](C)[C@H]2OC(=O)/C(OC)=C/C(C)=C/[C@@H](C)[C@@H](OC(=O)c3ccc(C4(C(F)(F)F)N=N4)cc3)[C@@H](C)C/C(C)=C/C=C/[C@@H]2OC)O[C@H](C(C)C)[C@H]1C. The molecule has 1 aromatic rings. The lowest BCUT2D eigenvalue weighted by molar-refractivity contribution is -0.329. The van der Waals surface area contributed by atoms with Crippen molar-refractivity contribution < 1.29 is 66.2 Å². The summed E-state index contributed by atoms with van der Waals surface area (Å²) in [5.41, 5.74) is -1.34. The number of terminal acetylenes is 1. The molecule has 13 nitrogen and oxygen atoms in total. The number of rotatable bonds is 13. The second-order valence-electron chi connectivity index (χ2n) is 18.1. The van der Waals surface area contributed by atoms with Crippen molar-refractivity contribution in [3.8, 4) is 12.3 Å². The van der Waals surface area contributed by atoms with Crippen LogP contribution in [0.2, 0.25) is 0 Å². The summed E-state index contributed by atoms with van der Waals surface area (Å²) < 4.78 is 76.5. The highest BCUT2D eigenvalue weighted by Crippen LogP contribution is 2.52. The van der Waals surface area contributed by atoms with Crippen molar-refractivity contribution >= 4 is 17.9 Å². The number of nitrogens with zero attached hydrogens (tertiary/aromatic N) is 2. The Bertz CT molecular complexity index is 2030. The summed E-state index contributed by atoms with van der Waals surface area (Å²) in [6, 6.07) is 4.82. The number of aliphatic hydroxyl groups excluding tert-OH is 1. The van der Waals surface area contributed by atoms with Crippen LogP contribution < -0.4 is 0 Å². The molecule has 4 rings (SSSR count). The second-order valence-corrected chi connectivity index (χ2v) is 18.1. The Morgan fingerprint density at radius 1 is 1.03 bits per heavy atom. The summed E-state index contributed by atoms with van der Waals surface area (Å²) in [6.07, 6.45) is 4.28. The minimum Gasteiger partial charge on any atom is -0.490 e. The molecule has 0 saturated carbocycles. The van der Waals surface area contributed by atoms with Gasteiger partial charge in [0.05, 0.1) is 31.3 Å². The number of ether oxygens (including phenoxy) is 6. The molecule has 3 aliphatic heterocycles. The quantitative estimate of drug-likeness (QED) is 0.110. The fourth-order valence-corrected chi connectivity index (χ4v) is 8.76. The van der Waals surface area contributed by atoms with E-state index in [-0.39, 0.29) is 53.9 Å². The van der Waals surface area contributed by atoms with Gasteiger partial charge in [-0.15, -0.1) is 22.6 Å². The first-order valence-electron chi connectivity index (χ1n) is 22.0. The maximum Gasteiger partial charge on any atom is 0.442 e. The van der Waals surface area contributed by atoms with Gasteiger partial charge in [0.1, 0.15) is 24.4 Å². The van der Waals surface area contributed by atoms with E-state index in [0.29, 0.717) is 12.0 Å². The van der Waals surface area contributed by atoms with Gasteiger partial charge < -0.3 is 38.6 Å². The Morgan fingerprint density at radius 2 is 1.68 bits per heavy atom. The van der Waals surface area contributed by atoms with Crippen molar-refractivity contribution in [3.63, 3.8) is 0 Å². The van der Waals surface area contributed by atoms with Crippen molar-refractivity contribution in [2.45, 2.75) is 142 Å². The van der Waals surface area contributed by atoms with E-state index < -0.39 is 89.9 Å². The van der Waals surface area contributed by atoms with E-state index in [2.05, 4.69) is 16.1 Å². The predicted octanol–water partition coefficient (Wildman–Crippen LogP) is 8.70. The van der Waals surface area contributed by atoms with E-state index in [1.54, 1.807) is 39.0 Å². The highest BCUT2D eigenvalue weighted by molar-refractivity contribution is 5.89. The minimum atomic E-state index is -4.71. The van der Waals surface area contributed by atoms with E-state index in [0.717, 1.165) is 17.7 Å². The van der Waals surface area contributed by atoms with E-state index in [1.165, 1.54) is 32.4 Å². The summed E-state index contributed by atoms with van der Waals surface area (Å²) in [5, 5.41) is 30.7. The number of cyclic esters (lactones) is 1. The van der Waals surface area contributed by atoms with Gasteiger partial charge in [0.15, 0.2) is 5.79 Å². The number of halogens is 3. The topological polar surface area (TPSA) is 172 Å². The van der Waals surface area contributed by atoms with Crippen LogP contribution in [0.5, 0.6) is 0 Å². The van der Waals surface area contributed by atoms with Crippen LogP contribution in [0.15, 0.2) is 81.8 Å². The summed E-state index contributed by atoms with van der Waals surface area (Å²) in [7, 11) is 2.73. The summed E-state index contributed by atoms with van der Waals surface area (Å²) in [4.78, 5) is 40.2. The molecule has 16 heteroatoms. The van der Waals surface area contributed by atoms with Gasteiger partial charge in [0, 0.05) is 49.2 Å². The standard InChI is InChI=1S/C49H65F3N2O11/c1-13-14-18-40(55)62-39-26-47(59,65-42(27(2)3)32(39)8)34(10)41(56)33(9)44-37(60-11)17-15-16-28(4)23-30(6)43(31(7)24-29(5)25-38(61-12)46(58)64-44)63-45(57)35-19-21-36(22-20-35)48(53-54-48)49(50,51)52/h1,15-17,19-22,24-25,27,30-34,37,39,41-44,56,59H,14,18,23,26H2,2-12H3/b17-15+,28-16+,29-24+,38-25-/t30-,31+,32-,33-,34-,37-,39+,41+,42+,43-,44+,47+/m0/s1. The molecule has 0 aromatic heterocycles. The second kappa shape index (κ2) is 22.1. The first-order valence-corrected chi connectivity index (χ1v) is 22.0. The zero-order valence-electron chi connectivity index (χ0n) is 39.1. The zero-order chi connectivity index (χ0) is 48.6. The van der Waals surface area contributed by atoms with Crippen LogP contribution in [0.3, 0.4) is 0 Å². The predicted molar refractivity (Wildman–Crippen MR) is 234 cm³/mol. The Morgan fingerprint density at radius 3 is 2.23 bits per heavy atom. The lowest BCUT2D eigenvalue weighted by Crippen LogP contribution is -2.59. The molecule has 0 bridgehead atoms. The van der Waals surface area contributed by atoms with Gasteiger partial charge in [-0.2, -0.15) is 13.2 Å². The number of aliphatic hydroxyl groups is 2. The van der Waals surface area contributed by atoms with Gasteiger partial charge in [-0.3, -0.25) is 4.79 Å². The van der Waals surface area contributed by atoms with Crippen molar-refractivity contribution in [1.82, 2.24) is 0 Å². The molecule has 1 aromatic carbocycles. The molecule has 12 atom stereocenters. The minimum absolute atomic E-state index is 0.0160. The van der Waals surface area contributed by atoms with Gasteiger partial charge in [0.25, 0.3) is 0 Å². The summed E-state index contributed by atoms with van der Waals surface area (Å²) in [5.74, 6) is -4.80. The van der Waals surface area contributed by atoms with Crippen molar-refractivity contribution in [2.75, 3.05) is 14.2 Å². The van der Waals surface area contributed by atoms with Crippen LogP contribution in [0.4, 0.5) is 13.2 Å². The number of hydrogen-bond donors (Lipinski definition) is 2. The van der Waals surface area contributed by atoms with Crippen LogP contribution in [0.25, 0.3) is 0 Å². The number of carbonyl (C=O) groups is 3. The third-order valence-electron chi connectivity index (χ3n) is 12.6. The van der Waals surface area contributed by atoms with Crippen molar-refractivity contribution in [3.05, 3.63) is 82.7 Å². The third-order valence-corrected chi connectivity index (χ3v) is 12.6. The molecule has 1 saturated heterocycles. The van der Waals surface area contributed by atoms with Crippen LogP contribution in [0, 0.1) is 47.9 Å². The first kappa shape index (κ1) is 52.8. The molecule has 0 radical (unpaired) electrons.